The molecule has 3 saturated heterocycles. The molecular formula is C21H39N3O15. The second-order valence-corrected chi connectivity index (χ2v) is 9.90. The van der Waals surface area contributed by atoms with Gasteiger partial charge in [-0.15, -0.1) is 0 Å². The second-order valence-electron chi connectivity index (χ2n) is 9.90. The SMILES string of the molecule is CC(O)C(=O)[C@]1(CO)O[C@H](OC2[C@@H](CO)O[C@@H](OC3[C@@H](CO)O[C@@H](O)[C@H](N)[C@H]3O)[C@H](N)[C@H]2O)[C@H](N)[C@@H](O)[C@@H]1O. The van der Waals surface area contributed by atoms with Gasteiger partial charge in [-0.25, -0.2) is 0 Å². The molecule has 0 amide bonds. The zero-order valence-electron chi connectivity index (χ0n) is 21.0. The summed E-state index contributed by atoms with van der Waals surface area (Å²) in [7, 11) is 0. The average molecular weight is 574 g/mol. The number of ether oxygens (including phenoxy) is 5. The summed E-state index contributed by atoms with van der Waals surface area (Å²) in [5.74, 6) is -1.18. The van der Waals surface area contributed by atoms with Crippen molar-refractivity contribution in [2.45, 2.75) is 104 Å². The number of nitrogens with two attached hydrogens (primary N) is 3. The Labute approximate surface area is 222 Å². The highest BCUT2D eigenvalue weighted by molar-refractivity contribution is 5.92. The van der Waals surface area contributed by atoms with Crippen LogP contribution < -0.4 is 17.2 Å². The van der Waals surface area contributed by atoms with Gasteiger partial charge in [0.25, 0.3) is 0 Å². The molecule has 39 heavy (non-hydrogen) atoms. The van der Waals surface area contributed by atoms with E-state index in [0.717, 1.165) is 6.92 Å². The van der Waals surface area contributed by atoms with E-state index in [1.54, 1.807) is 0 Å². The van der Waals surface area contributed by atoms with Gasteiger partial charge in [0, 0.05) is 0 Å². The van der Waals surface area contributed by atoms with E-state index in [9.17, 15) is 50.8 Å². The molecule has 3 rings (SSSR count). The third kappa shape index (κ3) is 5.98. The van der Waals surface area contributed by atoms with E-state index < -0.39 is 123 Å². The highest BCUT2D eigenvalue weighted by atomic mass is 16.7. The van der Waals surface area contributed by atoms with Gasteiger partial charge < -0.3 is 86.8 Å². The van der Waals surface area contributed by atoms with Crippen molar-refractivity contribution < 1.29 is 74.4 Å². The zero-order valence-corrected chi connectivity index (χ0v) is 21.0. The van der Waals surface area contributed by atoms with Crippen LogP contribution in [0.1, 0.15) is 6.92 Å². The summed E-state index contributed by atoms with van der Waals surface area (Å²) in [5.41, 5.74) is 15.1. The Bertz CT molecular complexity index is 823. The lowest BCUT2D eigenvalue weighted by molar-refractivity contribution is -0.356. The number of carbonyl (C=O) groups excluding carboxylic acids is 1. The molecule has 0 aliphatic carbocycles. The van der Waals surface area contributed by atoms with Crippen LogP contribution in [0.2, 0.25) is 0 Å². The highest BCUT2D eigenvalue weighted by Crippen LogP contribution is 2.35. The molecule has 0 aromatic carbocycles. The first-order chi connectivity index (χ1) is 18.2. The topological polar surface area (TPSA) is 323 Å². The number of hydrogen-bond acceptors (Lipinski definition) is 18. The van der Waals surface area contributed by atoms with Crippen molar-refractivity contribution in [3.8, 4) is 0 Å². The largest absolute Gasteiger partial charge is 0.394 e. The minimum Gasteiger partial charge on any atom is -0.394 e. The molecule has 16 atom stereocenters. The summed E-state index contributed by atoms with van der Waals surface area (Å²) in [5, 5.41) is 91.3. The Morgan fingerprint density at radius 3 is 1.82 bits per heavy atom. The lowest BCUT2D eigenvalue weighted by Crippen LogP contribution is -2.74. The van der Waals surface area contributed by atoms with E-state index in [-0.39, 0.29) is 0 Å². The van der Waals surface area contributed by atoms with Gasteiger partial charge in [0.05, 0.1) is 37.9 Å². The van der Waals surface area contributed by atoms with Crippen LogP contribution in [-0.2, 0) is 28.5 Å². The van der Waals surface area contributed by atoms with E-state index >= 15 is 0 Å². The Hall–Kier alpha value is -1.01. The summed E-state index contributed by atoms with van der Waals surface area (Å²) in [4.78, 5) is 12.6. The molecule has 0 aromatic heterocycles. The molecule has 15 N–H and O–H groups in total. The van der Waals surface area contributed by atoms with Crippen molar-refractivity contribution in [2.24, 2.45) is 17.2 Å². The van der Waals surface area contributed by atoms with Crippen LogP contribution in [0.25, 0.3) is 0 Å². The van der Waals surface area contributed by atoms with Gasteiger partial charge in [-0.3, -0.25) is 4.79 Å². The first kappa shape index (κ1) is 32.5. The number of ketones is 1. The third-order valence-electron chi connectivity index (χ3n) is 7.27. The molecule has 228 valence electrons. The molecule has 3 heterocycles. The molecule has 0 spiro atoms. The maximum atomic E-state index is 12.6. The Morgan fingerprint density at radius 2 is 1.31 bits per heavy atom. The number of hydrogen-bond donors (Lipinski definition) is 12. The van der Waals surface area contributed by atoms with Crippen molar-refractivity contribution in [1.29, 1.82) is 0 Å². The summed E-state index contributed by atoms with van der Waals surface area (Å²) >= 11 is 0. The van der Waals surface area contributed by atoms with Gasteiger partial charge in [-0.1, -0.05) is 0 Å². The predicted octanol–water partition coefficient (Wildman–Crippen LogP) is -8.35. The number of aliphatic hydroxyl groups excluding tert-OH is 9. The van der Waals surface area contributed by atoms with E-state index in [4.69, 9.17) is 40.9 Å². The fraction of sp³-hybridized carbons (Fsp3) is 0.952. The van der Waals surface area contributed by atoms with Crippen LogP contribution in [0.15, 0.2) is 0 Å². The van der Waals surface area contributed by atoms with Gasteiger partial charge in [-0.2, -0.15) is 0 Å². The standard InChI is InChI=1S/C21H39N3O15/c1-5(28)16(32)21(4-27)17(33)13(31)10(24)20(39-21)38-15-7(3-26)36-19(9(23)12(15)30)37-14-6(2-25)35-18(34)8(22)11(14)29/h5-15,17-20,25-31,33-34H,2-4,22-24H2,1H3/t5?,6-,7-,8-,9-,10-,11-,12-,13-,14?,15?,17+,18-,19+,20+,21+/m1/s1. The summed E-state index contributed by atoms with van der Waals surface area (Å²) < 4.78 is 27.6. The minimum atomic E-state index is -2.54. The third-order valence-corrected chi connectivity index (χ3v) is 7.27. The maximum absolute atomic E-state index is 12.6. The normalized spacial score (nSPS) is 50.0. The van der Waals surface area contributed by atoms with Crippen LogP contribution in [0.3, 0.4) is 0 Å². The molecule has 0 saturated carbocycles. The van der Waals surface area contributed by atoms with Crippen LogP contribution in [0.5, 0.6) is 0 Å². The Kier molecular flexibility index (Phi) is 10.7. The highest BCUT2D eigenvalue weighted by Gasteiger charge is 2.59. The fourth-order valence-electron chi connectivity index (χ4n) is 4.85. The monoisotopic (exact) mass is 573 g/mol. The van der Waals surface area contributed by atoms with E-state index in [1.165, 1.54) is 0 Å². The lowest BCUT2D eigenvalue weighted by Gasteiger charge is -2.50. The summed E-state index contributed by atoms with van der Waals surface area (Å²) in [6.45, 7) is -1.65. The zero-order chi connectivity index (χ0) is 29.4. The van der Waals surface area contributed by atoms with Crippen molar-refractivity contribution in [3.05, 3.63) is 0 Å². The van der Waals surface area contributed by atoms with E-state index in [0.29, 0.717) is 0 Å². The van der Waals surface area contributed by atoms with Gasteiger partial charge >= 0.3 is 0 Å². The van der Waals surface area contributed by atoms with Gasteiger partial charge in [0.15, 0.2) is 30.3 Å². The first-order valence-corrected chi connectivity index (χ1v) is 12.3. The smallest absolute Gasteiger partial charge is 0.197 e. The minimum absolute atomic E-state index is 0.700. The van der Waals surface area contributed by atoms with Crippen molar-refractivity contribution in [3.63, 3.8) is 0 Å². The first-order valence-electron chi connectivity index (χ1n) is 12.3. The molecule has 18 nitrogen and oxygen atoms in total. The molecule has 3 unspecified atom stereocenters. The Balaban J connectivity index is 1.80. The van der Waals surface area contributed by atoms with Gasteiger partial charge in [-0.05, 0) is 6.92 Å². The number of Topliss-reactive ketones (excluding diaryl/α,β-unsaturated/α-hetero) is 1. The number of aliphatic hydroxyl groups is 9. The van der Waals surface area contributed by atoms with E-state index in [2.05, 4.69) is 0 Å². The number of rotatable bonds is 9. The lowest BCUT2D eigenvalue weighted by atomic mass is 9.81. The van der Waals surface area contributed by atoms with Crippen molar-refractivity contribution in [1.82, 2.24) is 0 Å². The molecule has 3 aliphatic rings. The van der Waals surface area contributed by atoms with Crippen LogP contribution in [0.4, 0.5) is 0 Å². The molecule has 0 radical (unpaired) electrons. The molecule has 18 heteroatoms. The van der Waals surface area contributed by atoms with Gasteiger partial charge in [0.1, 0.15) is 54.9 Å². The van der Waals surface area contributed by atoms with Crippen molar-refractivity contribution in [2.75, 3.05) is 19.8 Å². The number of carbonyl (C=O) groups is 1. The maximum Gasteiger partial charge on any atom is 0.197 e. The van der Waals surface area contributed by atoms with Crippen molar-refractivity contribution >= 4 is 5.78 Å². The molecule has 0 aromatic rings. The average Bonchev–Trinajstić information content (AvgIpc) is 2.92. The second kappa shape index (κ2) is 12.9. The molecule has 0 bridgehead atoms. The molecular weight excluding hydrogens is 534 g/mol. The quantitative estimate of drug-likeness (QED) is 0.122. The summed E-state index contributed by atoms with van der Waals surface area (Å²) in [6.07, 6.45) is -19.5. The van der Waals surface area contributed by atoms with Gasteiger partial charge in [0.2, 0.25) is 0 Å². The Morgan fingerprint density at radius 1 is 0.821 bits per heavy atom. The van der Waals surface area contributed by atoms with Crippen LogP contribution >= 0.6 is 0 Å². The fourth-order valence-corrected chi connectivity index (χ4v) is 4.85. The molecule has 3 fully saturated rings. The predicted molar refractivity (Wildman–Crippen MR) is 123 cm³/mol. The summed E-state index contributed by atoms with van der Waals surface area (Å²) in [6, 6.07) is -4.33. The molecule has 3 aliphatic heterocycles. The van der Waals surface area contributed by atoms with Crippen LogP contribution in [-0.4, -0.2) is 169 Å². The van der Waals surface area contributed by atoms with E-state index in [1.807, 2.05) is 0 Å². The van der Waals surface area contributed by atoms with Crippen LogP contribution in [0, 0.1) is 0 Å².